The van der Waals surface area contributed by atoms with Gasteiger partial charge in [-0.05, 0) is 81.5 Å². The number of rotatable bonds is 15. The minimum absolute atomic E-state index is 0. The first kappa shape index (κ1) is 88.8. The summed E-state index contributed by atoms with van der Waals surface area (Å²) in [6, 6.07) is -10.4. The van der Waals surface area contributed by atoms with E-state index in [2.05, 4.69) is 35.1 Å². The quantitative estimate of drug-likeness (QED) is 0.161. The zero-order valence-electron chi connectivity index (χ0n) is 59.7. The van der Waals surface area contributed by atoms with Crippen molar-refractivity contribution < 1.29 is 93.4 Å². The Bertz CT molecular complexity index is 2320. The van der Waals surface area contributed by atoms with Crippen LogP contribution in [0.15, 0.2) is 0 Å². The number of nitrogens with zero attached hydrogens (tertiary/aromatic N) is 7. The van der Waals surface area contributed by atoms with Crippen LogP contribution in [-0.4, -0.2) is 235 Å². The molecule has 11 amide bonds. The van der Waals surface area contributed by atoms with Crippen molar-refractivity contribution in [3.8, 4) is 0 Å². The van der Waals surface area contributed by atoms with E-state index in [4.69, 9.17) is 10.5 Å². The molecule has 0 aliphatic carbocycles. The van der Waals surface area contributed by atoms with Crippen LogP contribution in [0.4, 0.5) is 0 Å². The summed E-state index contributed by atoms with van der Waals surface area (Å²) >= 11 is 0. The molecule has 11 atom stereocenters. The van der Waals surface area contributed by atoms with E-state index in [0.717, 1.165) is 21.6 Å². The molecule has 0 radical (unpaired) electrons. The fourth-order valence-electron chi connectivity index (χ4n) is 9.96. The third kappa shape index (κ3) is 29.5. The van der Waals surface area contributed by atoms with Crippen LogP contribution in [-0.2, 0) is 62.3 Å². The maximum atomic E-state index is 14.8. The first-order chi connectivity index (χ1) is 41.1. The average molecular weight is 1500 g/mol. The number of amides is 11. The number of hydrogen-bond donors (Lipinski definition) is 4. The van der Waals surface area contributed by atoms with E-state index >= 15 is 0 Å². The Morgan fingerprint density at radius 2 is 0.889 bits per heavy atom. The van der Waals surface area contributed by atoms with E-state index in [0.29, 0.717) is 6.42 Å². The van der Waals surface area contributed by atoms with Gasteiger partial charge in [-0.2, -0.15) is 0 Å². The van der Waals surface area contributed by atoms with Gasteiger partial charge in [-0.3, -0.25) is 57.5 Å². The van der Waals surface area contributed by atoms with Crippen LogP contribution in [0.3, 0.4) is 0 Å². The molecule has 518 valence electrons. The molecule has 25 nitrogen and oxygen atoms in total. The third-order valence-electron chi connectivity index (χ3n) is 15.2. The maximum Gasteiger partial charge on any atom is 0.303 e. The topological polar surface area (TPSA) is 309 Å². The third-order valence-corrected chi connectivity index (χ3v) is 15.2. The summed E-state index contributed by atoms with van der Waals surface area (Å²) in [5.74, 6) is -10.3. The predicted molar refractivity (Wildman–Crippen MR) is 346 cm³/mol. The van der Waals surface area contributed by atoms with Gasteiger partial charge in [0.25, 0.3) is 0 Å². The Hall–Kier alpha value is -5.35. The van der Waals surface area contributed by atoms with Crippen LogP contribution in [0.1, 0.15) is 176 Å². The van der Waals surface area contributed by atoms with Gasteiger partial charge in [-0.1, -0.05) is 124 Å². The number of ether oxygens (including phenoxy) is 1. The summed E-state index contributed by atoms with van der Waals surface area (Å²) in [6.07, 6.45) is 1.11. The zero-order valence-corrected chi connectivity index (χ0v) is 63.9. The molecule has 5 N–H and O–H groups in total. The van der Waals surface area contributed by atoms with Crippen LogP contribution >= 0.6 is 0 Å². The van der Waals surface area contributed by atoms with Gasteiger partial charge in [0, 0.05) is 87.4 Å². The van der Waals surface area contributed by atoms with Gasteiger partial charge in [-0.25, -0.2) is 0 Å². The Kier molecular flexibility index (Phi) is 42.9. The predicted octanol–water partition coefficient (Wildman–Crippen LogP) is 4.73. The van der Waals surface area contributed by atoms with E-state index in [1.807, 2.05) is 69.2 Å². The van der Waals surface area contributed by atoms with Crippen LogP contribution in [0, 0.1) is 66.6 Å². The molecule has 1 aliphatic rings. The van der Waals surface area contributed by atoms with Crippen molar-refractivity contribution in [1.82, 2.24) is 55.6 Å². The SMILES string of the molecule is CC.CC(=O)O[C@@H](C1C(=O)NCC(=O)N(C)CC(=O)N(C)[C@@H](CC(C)C)C(=O)NC(C(C)C)C(=O)N(C)[C@@H](CC(C)C)C(=O)N[C@@H](C)C(=O)N[C@H](C)C(=O)N(C)[C@@H](CC(C)C)C(=O)N(C)[C@@H](CC(C)C)C(=O)N(C)CC(=O)N1C)[C@H](C)CCC(C)[NH-].CCC.[U]. The van der Waals surface area contributed by atoms with Crippen LogP contribution in [0.5, 0.6) is 0 Å². The monoisotopic (exact) mass is 1500 g/mol. The largest absolute Gasteiger partial charge is 0.675 e. The van der Waals surface area contributed by atoms with Gasteiger partial charge >= 0.3 is 5.97 Å². The molecular formula is C64H119N12O13U-. The molecule has 1 fully saturated rings. The van der Waals surface area contributed by atoms with Crippen LogP contribution < -0.4 is 21.3 Å². The van der Waals surface area contributed by atoms with E-state index in [1.54, 1.807) is 27.7 Å². The number of carbonyl (C=O) groups excluding carboxylic acids is 12. The minimum Gasteiger partial charge on any atom is -0.675 e. The second-order valence-corrected chi connectivity index (χ2v) is 26.0. The number of carbonyl (C=O) groups is 12. The number of esters is 1. The van der Waals surface area contributed by atoms with Crippen molar-refractivity contribution in [2.45, 2.75) is 237 Å². The molecule has 1 saturated heterocycles. The molecule has 1 aliphatic heterocycles. The fraction of sp³-hybridized carbons (Fsp3) is 0.812. The van der Waals surface area contributed by atoms with Crippen molar-refractivity contribution in [3.05, 3.63) is 5.73 Å². The molecule has 90 heavy (non-hydrogen) atoms. The van der Waals surface area contributed by atoms with E-state index in [1.165, 1.54) is 89.2 Å². The second-order valence-electron chi connectivity index (χ2n) is 26.0. The van der Waals surface area contributed by atoms with Crippen LogP contribution in [0.25, 0.3) is 5.73 Å². The first-order valence-corrected chi connectivity index (χ1v) is 32.0. The Morgan fingerprint density at radius 3 is 1.33 bits per heavy atom. The summed E-state index contributed by atoms with van der Waals surface area (Å²) in [4.78, 5) is 178. The van der Waals surface area contributed by atoms with Gasteiger partial charge in [0.05, 0.1) is 19.6 Å². The van der Waals surface area contributed by atoms with Gasteiger partial charge in [-0.15, -0.1) is 6.04 Å². The molecule has 0 aromatic carbocycles. The summed E-state index contributed by atoms with van der Waals surface area (Å²) in [5, 5.41) is 10.7. The Labute approximate surface area is 564 Å². The van der Waals surface area contributed by atoms with Crippen molar-refractivity contribution in [3.63, 3.8) is 0 Å². The molecule has 0 saturated carbocycles. The van der Waals surface area contributed by atoms with Crippen molar-refractivity contribution in [2.75, 3.05) is 69.0 Å². The van der Waals surface area contributed by atoms with Gasteiger partial charge < -0.3 is 66.0 Å². The van der Waals surface area contributed by atoms with Gasteiger partial charge in [0.1, 0.15) is 54.4 Å². The van der Waals surface area contributed by atoms with Crippen molar-refractivity contribution in [1.29, 1.82) is 0 Å². The molecule has 0 bridgehead atoms. The standard InChI is InChI=1S/C59H105N12O13.C3H8.C2H6.U/c1-32(2)25-42-54(78)64-49(36(9)10)59(83)68(19)43(26-33(3)4)53(77)62-39(13)52(76)63-40(14)56(80)69(20)45(28-35(7)8)58(82)70(21)44(27-34(5)6)57(81)66(17)31-48(75)71(22)50(51(84-41(15)72)37(11)23-24-38(12)60)55(79)61-29-46(73)65(16)30-47(74)67(42)18;1-3-2;1-2;/h32-40,42-45,49-51,60H,23-31H2,1-22H3,(H,61,79)(H,62,77)(H,63,76)(H,64,78);3H2,1-2H3;1-2H3;/q-1;;;/t37-,38?,39+,40-,42+,43+,44+,45+,49?,50?,51-;;;/m1.../s1. The fourth-order valence-corrected chi connectivity index (χ4v) is 9.96. The second kappa shape index (κ2) is 43.5. The average Bonchev–Trinajstić information content (AvgIpc) is 0.881. The number of hydrogen-bond acceptors (Lipinski definition) is 13. The molecule has 1 rings (SSSR count). The van der Waals surface area contributed by atoms with Gasteiger partial charge in [0.15, 0.2) is 0 Å². The van der Waals surface area contributed by atoms with E-state index in [9.17, 15) is 57.5 Å². The normalized spacial score (nSPS) is 24.0. The Morgan fingerprint density at radius 1 is 0.500 bits per heavy atom. The molecule has 3 unspecified atom stereocenters. The summed E-state index contributed by atoms with van der Waals surface area (Å²) in [5.41, 5.74) is 8.14. The number of likely N-dealkylation sites (N-methyl/N-ethyl adjacent to an activating group) is 7. The minimum atomic E-state index is -1.60. The number of nitrogens with one attached hydrogen (secondary N) is 5. The molecule has 0 aromatic heterocycles. The molecule has 1 heterocycles. The summed E-state index contributed by atoms with van der Waals surface area (Å²) < 4.78 is 5.77. The molecule has 0 aromatic rings. The first-order valence-electron chi connectivity index (χ1n) is 32.0. The molecule has 26 heteroatoms. The molecular weight excluding hydrogens is 1380 g/mol. The van der Waals surface area contributed by atoms with Gasteiger partial charge in [0.2, 0.25) is 65.0 Å². The zero-order chi connectivity index (χ0) is 69.8. The summed E-state index contributed by atoms with van der Waals surface area (Å²) in [7, 11) is 9.62. The smallest absolute Gasteiger partial charge is 0.303 e. The van der Waals surface area contributed by atoms with Crippen LogP contribution in [0.2, 0.25) is 0 Å². The molecule has 0 spiro atoms. The summed E-state index contributed by atoms with van der Waals surface area (Å²) in [6.45, 7) is 31.9. The van der Waals surface area contributed by atoms with E-state index in [-0.39, 0.29) is 86.9 Å². The van der Waals surface area contributed by atoms with Crippen molar-refractivity contribution in [2.24, 2.45) is 35.5 Å². The Balaban J connectivity index is -0.0000122. The van der Waals surface area contributed by atoms with Crippen molar-refractivity contribution >= 4 is 70.9 Å². The van der Waals surface area contributed by atoms with E-state index < -0.39 is 163 Å². The maximum absolute atomic E-state index is 14.8.